The van der Waals surface area contributed by atoms with Crippen molar-refractivity contribution >= 4 is 11.8 Å². The van der Waals surface area contributed by atoms with E-state index in [1.54, 1.807) is 0 Å². The van der Waals surface area contributed by atoms with Gasteiger partial charge in [0.1, 0.15) is 0 Å². The van der Waals surface area contributed by atoms with Crippen molar-refractivity contribution < 1.29 is 19.4 Å². The number of ether oxygens (including phenoxy) is 1. The molecule has 1 aliphatic heterocycles. The monoisotopic (exact) mass is 383 g/mol. The summed E-state index contributed by atoms with van der Waals surface area (Å²) in [5.74, 6) is 0.217. The molecule has 1 saturated heterocycles. The summed E-state index contributed by atoms with van der Waals surface area (Å²) in [7, 11) is 1.42. The van der Waals surface area contributed by atoms with Crippen molar-refractivity contribution in [2.75, 3.05) is 20.2 Å². The second kappa shape index (κ2) is 15.0. The first-order valence-corrected chi connectivity index (χ1v) is 11.1. The molecule has 2 unspecified atom stereocenters. The van der Waals surface area contributed by atoms with E-state index >= 15 is 0 Å². The van der Waals surface area contributed by atoms with Gasteiger partial charge in [-0.25, -0.2) is 0 Å². The number of methoxy groups -OCH3 is 1. The summed E-state index contributed by atoms with van der Waals surface area (Å²) in [6, 6.07) is 0.0439. The van der Waals surface area contributed by atoms with Gasteiger partial charge in [0.05, 0.1) is 19.3 Å². The lowest BCUT2D eigenvalue weighted by molar-refractivity contribution is -0.140. The number of ketones is 1. The average Bonchev–Trinajstić information content (AvgIpc) is 3.02. The quantitative estimate of drug-likeness (QED) is 0.319. The molecule has 27 heavy (non-hydrogen) atoms. The fourth-order valence-electron chi connectivity index (χ4n) is 3.90. The van der Waals surface area contributed by atoms with E-state index in [2.05, 4.69) is 16.6 Å². The van der Waals surface area contributed by atoms with Gasteiger partial charge in [0, 0.05) is 25.9 Å². The molecular formula is C22H41NO4. The summed E-state index contributed by atoms with van der Waals surface area (Å²) in [4.78, 5) is 25.5. The summed E-state index contributed by atoms with van der Waals surface area (Å²) in [6.07, 6.45) is 13.5. The van der Waals surface area contributed by atoms with Crippen molar-refractivity contribution in [1.82, 2.24) is 4.90 Å². The molecule has 0 bridgehead atoms. The maximum atomic E-state index is 12.2. The molecule has 1 rings (SSSR count). The van der Waals surface area contributed by atoms with Crippen LogP contribution in [0.4, 0.5) is 0 Å². The Morgan fingerprint density at radius 3 is 2.56 bits per heavy atom. The molecular weight excluding hydrogens is 342 g/mol. The van der Waals surface area contributed by atoms with E-state index in [0.29, 0.717) is 18.6 Å². The van der Waals surface area contributed by atoms with Crippen molar-refractivity contribution in [1.29, 1.82) is 0 Å². The van der Waals surface area contributed by atoms with Crippen LogP contribution >= 0.6 is 0 Å². The SMILES string of the molecule is CCCCCCCC(O)CCN1CCC(=O)C1CCCCCCC(=O)OC. The van der Waals surface area contributed by atoms with Crippen LogP contribution in [0.15, 0.2) is 0 Å². The first kappa shape index (κ1) is 24.1. The molecule has 0 amide bonds. The molecule has 0 aliphatic carbocycles. The maximum Gasteiger partial charge on any atom is 0.305 e. The lowest BCUT2D eigenvalue weighted by Crippen LogP contribution is -2.35. The van der Waals surface area contributed by atoms with Crippen molar-refractivity contribution in [2.24, 2.45) is 0 Å². The zero-order valence-electron chi connectivity index (χ0n) is 17.6. The number of rotatable bonds is 16. The summed E-state index contributed by atoms with van der Waals surface area (Å²) < 4.78 is 4.64. The van der Waals surface area contributed by atoms with E-state index in [0.717, 1.165) is 64.5 Å². The largest absolute Gasteiger partial charge is 0.469 e. The van der Waals surface area contributed by atoms with Crippen LogP contribution in [0.25, 0.3) is 0 Å². The summed E-state index contributed by atoms with van der Waals surface area (Å²) in [5, 5.41) is 10.2. The van der Waals surface area contributed by atoms with Gasteiger partial charge in [0.15, 0.2) is 5.78 Å². The van der Waals surface area contributed by atoms with Crippen LogP contribution in [0.5, 0.6) is 0 Å². The number of hydrogen-bond donors (Lipinski definition) is 1. The van der Waals surface area contributed by atoms with Crippen molar-refractivity contribution in [3.05, 3.63) is 0 Å². The van der Waals surface area contributed by atoms with Gasteiger partial charge in [0.25, 0.3) is 0 Å². The Bertz CT molecular complexity index is 413. The molecule has 1 N–H and O–H groups in total. The number of carbonyl (C=O) groups excluding carboxylic acids is 2. The highest BCUT2D eigenvalue weighted by molar-refractivity contribution is 5.86. The highest BCUT2D eigenvalue weighted by Crippen LogP contribution is 2.21. The molecule has 1 fully saturated rings. The third-order valence-corrected chi connectivity index (χ3v) is 5.68. The van der Waals surface area contributed by atoms with Gasteiger partial charge in [-0.3, -0.25) is 14.5 Å². The zero-order valence-corrected chi connectivity index (χ0v) is 17.6. The second-order valence-corrected chi connectivity index (χ2v) is 7.94. The van der Waals surface area contributed by atoms with E-state index in [9.17, 15) is 14.7 Å². The topological polar surface area (TPSA) is 66.8 Å². The molecule has 2 atom stereocenters. The Morgan fingerprint density at radius 1 is 1.11 bits per heavy atom. The number of aliphatic hydroxyl groups excluding tert-OH is 1. The molecule has 5 nitrogen and oxygen atoms in total. The van der Waals surface area contributed by atoms with Crippen molar-refractivity contribution in [3.63, 3.8) is 0 Å². The van der Waals surface area contributed by atoms with Crippen LogP contribution in [-0.4, -0.2) is 54.1 Å². The molecule has 1 heterocycles. The van der Waals surface area contributed by atoms with Crippen molar-refractivity contribution in [3.8, 4) is 0 Å². The van der Waals surface area contributed by atoms with Gasteiger partial charge in [0.2, 0.25) is 0 Å². The number of likely N-dealkylation sites (tertiary alicyclic amines) is 1. The maximum absolute atomic E-state index is 12.2. The van der Waals surface area contributed by atoms with E-state index in [1.807, 2.05) is 0 Å². The van der Waals surface area contributed by atoms with E-state index in [1.165, 1.54) is 32.8 Å². The minimum atomic E-state index is -0.235. The molecule has 0 saturated carbocycles. The molecule has 158 valence electrons. The Kier molecular flexibility index (Phi) is 13.4. The minimum Gasteiger partial charge on any atom is -0.469 e. The fraction of sp³-hybridized carbons (Fsp3) is 0.909. The van der Waals surface area contributed by atoms with Gasteiger partial charge < -0.3 is 9.84 Å². The predicted molar refractivity (Wildman–Crippen MR) is 109 cm³/mol. The number of esters is 1. The molecule has 0 aromatic carbocycles. The molecule has 5 heteroatoms. The minimum absolute atomic E-state index is 0.0439. The predicted octanol–water partition coefficient (Wildman–Crippen LogP) is 4.25. The Balaban J connectivity index is 2.15. The number of unbranched alkanes of at least 4 members (excludes halogenated alkanes) is 7. The Hall–Kier alpha value is -0.940. The number of aliphatic hydroxyl groups is 1. The lowest BCUT2D eigenvalue weighted by atomic mass is 10.0. The van der Waals surface area contributed by atoms with Crippen LogP contribution < -0.4 is 0 Å². The van der Waals surface area contributed by atoms with Crippen LogP contribution in [0.1, 0.15) is 96.8 Å². The van der Waals surface area contributed by atoms with Crippen LogP contribution in [0, 0.1) is 0 Å². The molecule has 0 spiro atoms. The first-order valence-electron chi connectivity index (χ1n) is 11.1. The van der Waals surface area contributed by atoms with Gasteiger partial charge in [-0.05, 0) is 25.7 Å². The normalized spacial score (nSPS) is 18.8. The van der Waals surface area contributed by atoms with Crippen LogP contribution in [0.3, 0.4) is 0 Å². The van der Waals surface area contributed by atoms with E-state index in [4.69, 9.17) is 0 Å². The van der Waals surface area contributed by atoms with E-state index < -0.39 is 0 Å². The number of carbonyl (C=O) groups is 2. The standard InChI is InChI=1S/C22H41NO4/c1-3-4-5-6-9-12-19(24)15-17-23-18-16-21(25)20(23)13-10-7-8-11-14-22(26)27-2/h19-20,24H,3-18H2,1-2H3. The van der Waals surface area contributed by atoms with Gasteiger partial charge in [-0.15, -0.1) is 0 Å². The third-order valence-electron chi connectivity index (χ3n) is 5.68. The first-order chi connectivity index (χ1) is 13.1. The number of nitrogens with zero attached hydrogens (tertiary/aromatic N) is 1. The van der Waals surface area contributed by atoms with Crippen LogP contribution in [0.2, 0.25) is 0 Å². The molecule has 0 radical (unpaired) electrons. The lowest BCUT2D eigenvalue weighted by Gasteiger charge is -2.24. The fourth-order valence-corrected chi connectivity index (χ4v) is 3.90. The van der Waals surface area contributed by atoms with Crippen molar-refractivity contribution in [2.45, 2.75) is 109 Å². The second-order valence-electron chi connectivity index (χ2n) is 7.94. The summed E-state index contributed by atoms with van der Waals surface area (Å²) >= 11 is 0. The van der Waals surface area contributed by atoms with Crippen LogP contribution in [-0.2, 0) is 14.3 Å². The molecule has 0 aromatic heterocycles. The van der Waals surface area contributed by atoms with Gasteiger partial charge >= 0.3 is 5.97 Å². The third kappa shape index (κ3) is 10.8. The number of hydrogen-bond acceptors (Lipinski definition) is 5. The number of Topliss-reactive ketones (excluding diaryl/α,β-unsaturated/α-hetero) is 1. The zero-order chi connectivity index (χ0) is 19.9. The smallest absolute Gasteiger partial charge is 0.305 e. The van der Waals surface area contributed by atoms with Gasteiger partial charge in [-0.1, -0.05) is 58.3 Å². The molecule has 1 aliphatic rings. The highest BCUT2D eigenvalue weighted by Gasteiger charge is 2.31. The molecule has 0 aromatic rings. The van der Waals surface area contributed by atoms with Gasteiger partial charge in [-0.2, -0.15) is 0 Å². The summed E-state index contributed by atoms with van der Waals surface area (Å²) in [5.41, 5.74) is 0. The van der Waals surface area contributed by atoms with E-state index in [-0.39, 0.29) is 18.1 Å². The average molecular weight is 384 g/mol. The Labute approximate surface area is 165 Å². The highest BCUT2D eigenvalue weighted by atomic mass is 16.5. The summed E-state index contributed by atoms with van der Waals surface area (Å²) in [6.45, 7) is 3.88. The Morgan fingerprint density at radius 2 is 1.81 bits per heavy atom.